The van der Waals surface area contributed by atoms with Gasteiger partial charge < -0.3 is 10.6 Å². The number of hydrogen-bond acceptors (Lipinski definition) is 4. The molecule has 100 valence electrons. The molecule has 0 fully saturated rings. The highest BCUT2D eigenvalue weighted by Gasteiger charge is 2.11. The van der Waals surface area contributed by atoms with Crippen LogP contribution < -0.4 is 10.6 Å². The van der Waals surface area contributed by atoms with Crippen molar-refractivity contribution in [3.8, 4) is 0 Å². The second-order valence-electron chi connectivity index (χ2n) is 4.24. The molecule has 0 radical (unpaired) electrons. The summed E-state index contributed by atoms with van der Waals surface area (Å²) in [6, 6.07) is 10.3. The summed E-state index contributed by atoms with van der Waals surface area (Å²) in [7, 11) is 0. The van der Waals surface area contributed by atoms with Gasteiger partial charge in [-0.05, 0) is 34.5 Å². The van der Waals surface area contributed by atoms with Crippen molar-refractivity contribution in [1.29, 1.82) is 0 Å². The molecule has 0 saturated carbocycles. The Morgan fingerprint density at radius 1 is 1.21 bits per heavy atom. The molecule has 0 bridgehead atoms. The third-order valence-corrected chi connectivity index (χ3v) is 3.36. The number of anilines is 1. The molecule has 2 aromatic rings. The summed E-state index contributed by atoms with van der Waals surface area (Å²) in [5, 5.41) is 0. The first-order chi connectivity index (χ1) is 9.31. The standard InChI is InChI=1S/C14H17BrN4/c15-13-9-17-11-18-14(13)19(8-4-7-16)10-12-5-2-1-3-6-12/h1-3,5-6,9,11H,4,7-8,10,16H2. The molecular formula is C14H17BrN4. The second-order valence-corrected chi connectivity index (χ2v) is 5.10. The Labute approximate surface area is 121 Å². The van der Waals surface area contributed by atoms with E-state index in [0.717, 1.165) is 29.8 Å². The second kappa shape index (κ2) is 7.21. The lowest BCUT2D eigenvalue weighted by molar-refractivity contribution is 0.722. The Kier molecular flexibility index (Phi) is 5.30. The number of halogens is 1. The molecule has 0 spiro atoms. The maximum atomic E-state index is 5.62. The van der Waals surface area contributed by atoms with Crippen LogP contribution in [0.1, 0.15) is 12.0 Å². The topological polar surface area (TPSA) is 55.0 Å². The van der Waals surface area contributed by atoms with Gasteiger partial charge in [0.15, 0.2) is 0 Å². The lowest BCUT2D eigenvalue weighted by Gasteiger charge is -2.24. The average Bonchev–Trinajstić information content (AvgIpc) is 2.45. The van der Waals surface area contributed by atoms with Crippen LogP contribution in [-0.2, 0) is 6.54 Å². The van der Waals surface area contributed by atoms with Crippen molar-refractivity contribution in [2.45, 2.75) is 13.0 Å². The normalized spacial score (nSPS) is 10.4. The first-order valence-corrected chi connectivity index (χ1v) is 7.05. The fraction of sp³-hybridized carbons (Fsp3) is 0.286. The van der Waals surface area contributed by atoms with Crippen molar-refractivity contribution >= 4 is 21.7 Å². The van der Waals surface area contributed by atoms with Gasteiger partial charge in [-0.15, -0.1) is 0 Å². The Hall–Kier alpha value is -1.46. The molecule has 1 aromatic carbocycles. The highest BCUT2D eigenvalue weighted by atomic mass is 79.9. The minimum atomic E-state index is 0.675. The maximum Gasteiger partial charge on any atom is 0.146 e. The molecule has 0 unspecified atom stereocenters. The van der Waals surface area contributed by atoms with Crippen molar-refractivity contribution in [3.63, 3.8) is 0 Å². The maximum absolute atomic E-state index is 5.62. The predicted octanol–water partition coefficient (Wildman–Crippen LogP) is 2.59. The minimum absolute atomic E-state index is 0.675. The van der Waals surface area contributed by atoms with E-state index in [0.29, 0.717) is 6.54 Å². The van der Waals surface area contributed by atoms with Gasteiger partial charge in [0, 0.05) is 19.3 Å². The van der Waals surface area contributed by atoms with Gasteiger partial charge in [-0.25, -0.2) is 9.97 Å². The van der Waals surface area contributed by atoms with Gasteiger partial charge in [-0.2, -0.15) is 0 Å². The minimum Gasteiger partial charge on any atom is -0.351 e. The molecule has 0 saturated heterocycles. The van der Waals surface area contributed by atoms with Crippen molar-refractivity contribution in [1.82, 2.24) is 9.97 Å². The van der Waals surface area contributed by atoms with Gasteiger partial charge in [-0.1, -0.05) is 30.3 Å². The summed E-state index contributed by atoms with van der Waals surface area (Å²) >= 11 is 3.50. The molecule has 0 aliphatic rings. The van der Waals surface area contributed by atoms with Crippen LogP contribution in [0.5, 0.6) is 0 Å². The predicted molar refractivity (Wildman–Crippen MR) is 80.9 cm³/mol. The van der Waals surface area contributed by atoms with E-state index in [4.69, 9.17) is 5.73 Å². The zero-order valence-electron chi connectivity index (χ0n) is 10.7. The van der Waals surface area contributed by atoms with E-state index in [1.54, 1.807) is 12.5 Å². The highest BCUT2D eigenvalue weighted by molar-refractivity contribution is 9.10. The lowest BCUT2D eigenvalue weighted by atomic mass is 10.2. The van der Waals surface area contributed by atoms with Crippen molar-refractivity contribution in [2.24, 2.45) is 5.73 Å². The Morgan fingerprint density at radius 2 is 2.00 bits per heavy atom. The Bertz CT molecular complexity index is 504. The molecule has 0 amide bonds. The number of benzene rings is 1. The lowest BCUT2D eigenvalue weighted by Crippen LogP contribution is -2.27. The van der Waals surface area contributed by atoms with Crippen molar-refractivity contribution in [3.05, 3.63) is 52.9 Å². The number of rotatable bonds is 6. The Balaban J connectivity index is 2.19. The molecule has 2 N–H and O–H groups in total. The van der Waals surface area contributed by atoms with E-state index >= 15 is 0 Å². The summed E-state index contributed by atoms with van der Waals surface area (Å²) in [6.45, 7) is 2.37. The van der Waals surface area contributed by atoms with Crippen LogP contribution in [0, 0.1) is 0 Å². The van der Waals surface area contributed by atoms with Crippen LogP contribution >= 0.6 is 15.9 Å². The van der Waals surface area contributed by atoms with Crippen molar-refractivity contribution < 1.29 is 0 Å². The molecule has 1 heterocycles. The fourth-order valence-electron chi connectivity index (χ4n) is 1.88. The number of nitrogens with two attached hydrogens (primary N) is 1. The van der Waals surface area contributed by atoms with Gasteiger partial charge in [0.1, 0.15) is 12.1 Å². The third kappa shape index (κ3) is 4.01. The number of nitrogens with zero attached hydrogens (tertiary/aromatic N) is 3. The van der Waals surface area contributed by atoms with E-state index < -0.39 is 0 Å². The van der Waals surface area contributed by atoms with E-state index in [-0.39, 0.29) is 0 Å². The fourth-order valence-corrected chi connectivity index (χ4v) is 2.36. The Morgan fingerprint density at radius 3 is 2.68 bits per heavy atom. The molecule has 0 atom stereocenters. The summed E-state index contributed by atoms with van der Waals surface area (Å²) in [5.41, 5.74) is 6.87. The largest absolute Gasteiger partial charge is 0.351 e. The first kappa shape index (κ1) is 14.0. The first-order valence-electron chi connectivity index (χ1n) is 6.25. The highest BCUT2D eigenvalue weighted by Crippen LogP contribution is 2.23. The summed E-state index contributed by atoms with van der Waals surface area (Å²) < 4.78 is 0.906. The van der Waals surface area contributed by atoms with E-state index in [1.165, 1.54) is 5.56 Å². The van der Waals surface area contributed by atoms with E-state index in [1.807, 2.05) is 18.2 Å². The quantitative estimate of drug-likeness (QED) is 0.888. The zero-order chi connectivity index (χ0) is 13.5. The third-order valence-electron chi connectivity index (χ3n) is 2.80. The van der Waals surface area contributed by atoms with Gasteiger partial charge in [0.05, 0.1) is 4.47 Å². The molecule has 19 heavy (non-hydrogen) atoms. The van der Waals surface area contributed by atoms with Crippen LogP contribution in [0.2, 0.25) is 0 Å². The monoisotopic (exact) mass is 320 g/mol. The molecule has 1 aromatic heterocycles. The van der Waals surface area contributed by atoms with E-state index in [9.17, 15) is 0 Å². The summed E-state index contributed by atoms with van der Waals surface area (Å²) in [5.74, 6) is 0.910. The smallest absolute Gasteiger partial charge is 0.146 e. The van der Waals surface area contributed by atoms with Crippen LogP contribution in [0.3, 0.4) is 0 Å². The average molecular weight is 321 g/mol. The van der Waals surface area contributed by atoms with E-state index in [2.05, 4.69) is 42.9 Å². The SMILES string of the molecule is NCCCN(Cc1ccccc1)c1ncncc1Br. The van der Waals surface area contributed by atoms with Crippen LogP contribution in [-0.4, -0.2) is 23.1 Å². The molecular weight excluding hydrogens is 304 g/mol. The number of aromatic nitrogens is 2. The van der Waals surface area contributed by atoms with Crippen LogP contribution in [0.4, 0.5) is 5.82 Å². The van der Waals surface area contributed by atoms with Crippen molar-refractivity contribution in [2.75, 3.05) is 18.0 Å². The van der Waals surface area contributed by atoms with Crippen LogP contribution in [0.25, 0.3) is 0 Å². The molecule has 2 rings (SSSR count). The summed E-state index contributed by atoms with van der Waals surface area (Å²) in [4.78, 5) is 10.6. The molecule has 5 heteroatoms. The molecule has 4 nitrogen and oxygen atoms in total. The molecule has 0 aliphatic carbocycles. The van der Waals surface area contributed by atoms with Gasteiger partial charge in [0.25, 0.3) is 0 Å². The van der Waals surface area contributed by atoms with Gasteiger partial charge >= 0.3 is 0 Å². The molecule has 0 aliphatic heterocycles. The van der Waals surface area contributed by atoms with Gasteiger partial charge in [0.2, 0.25) is 0 Å². The van der Waals surface area contributed by atoms with Gasteiger partial charge in [-0.3, -0.25) is 0 Å². The zero-order valence-corrected chi connectivity index (χ0v) is 12.3. The summed E-state index contributed by atoms with van der Waals surface area (Å²) in [6.07, 6.45) is 4.27. The number of hydrogen-bond donors (Lipinski definition) is 1. The van der Waals surface area contributed by atoms with Crippen LogP contribution in [0.15, 0.2) is 47.3 Å².